The molecule has 0 saturated heterocycles. The van der Waals surface area contributed by atoms with Crippen LogP contribution in [0.5, 0.6) is 0 Å². The van der Waals surface area contributed by atoms with E-state index < -0.39 is 0 Å². The van der Waals surface area contributed by atoms with Crippen LogP contribution < -0.4 is 5.32 Å². The van der Waals surface area contributed by atoms with Crippen LogP contribution in [0.25, 0.3) is 0 Å². The van der Waals surface area contributed by atoms with E-state index in [0.29, 0.717) is 11.4 Å². The molecule has 1 aromatic heterocycles. The van der Waals surface area contributed by atoms with Crippen LogP contribution in [-0.2, 0) is 6.54 Å². The maximum atomic E-state index is 12.0. The van der Waals surface area contributed by atoms with E-state index in [1.165, 1.54) is 11.3 Å². The molecule has 2 rings (SSSR count). The Bertz CT molecular complexity index is 664. The van der Waals surface area contributed by atoms with Gasteiger partial charge in [0.1, 0.15) is 6.61 Å². The average molecular weight is 285 g/mol. The molecule has 1 aromatic carbocycles. The van der Waals surface area contributed by atoms with Gasteiger partial charge in [0.2, 0.25) is 0 Å². The van der Waals surface area contributed by atoms with Crippen molar-refractivity contribution in [1.82, 2.24) is 5.32 Å². The summed E-state index contributed by atoms with van der Waals surface area (Å²) in [6.45, 7) is 2.36. The largest absolute Gasteiger partial charge is 0.384 e. The van der Waals surface area contributed by atoms with Crippen molar-refractivity contribution >= 4 is 17.2 Å². The number of thiophene rings is 1. The van der Waals surface area contributed by atoms with Crippen molar-refractivity contribution in [1.29, 1.82) is 0 Å². The second-order valence-electron chi connectivity index (χ2n) is 4.23. The molecule has 0 fully saturated rings. The van der Waals surface area contributed by atoms with Crippen LogP contribution in [0, 0.1) is 18.8 Å². The Balaban J connectivity index is 1.98. The smallest absolute Gasteiger partial charge is 0.261 e. The SMILES string of the molecule is Cc1ccccc1CNC(=O)c1ccc(C#CCO)s1. The zero-order chi connectivity index (χ0) is 14.4. The van der Waals surface area contributed by atoms with Gasteiger partial charge in [0.25, 0.3) is 5.91 Å². The molecule has 1 heterocycles. The first-order valence-electron chi connectivity index (χ1n) is 6.23. The minimum absolute atomic E-state index is 0.102. The second kappa shape index (κ2) is 6.90. The number of benzene rings is 1. The van der Waals surface area contributed by atoms with Gasteiger partial charge in [-0.3, -0.25) is 4.79 Å². The van der Waals surface area contributed by atoms with Gasteiger partial charge in [0.05, 0.1) is 9.75 Å². The number of carbonyl (C=O) groups is 1. The van der Waals surface area contributed by atoms with Crippen molar-refractivity contribution in [3.8, 4) is 11.8 Å². The highest BCUT2D eigenvalue weighted by Gasteiger charge is 2.08. The Morgan fingerprint density at radius 2 is 2.10 bits per heavy atom. The molecule has 0 unspecified atom stereocenters. The first-order chi connectivity index (χ1) is 9.70. The lowest BCUT2D eigenvalue weighted by Crippen LogP contribution is -2.22. The van der Waals surface area contributed by atoms with Crippen molar-refractivity contribution in [2.75, 3.05) is 6.61 Å². The summed E-state index contributed by atoms with van der Waals surface area (Å²) in [4.78, 5) is 13.4. The van der Waals surface area contributed by atoms with E-state index in [4.69, 9.17) is 5.11 Å². The number of nitrogens with one attached hydrogen (secondary N) is 1. The van der Waals surface area contributed by atoms with E-state index in [-0.39, 0.29) is 12.5 Å². The molecular formula is C16H15NO2S. The quantitative estimate of drug-likeness (QED) is 0.850. The van der Waals surface area contributed by atoms with E-state index in [0.717, 1.165) is 16.0 Å². The summed E-state index contributed by atoms with van der Waals surface area (Å²) in [7, 11) is 0. The summed E-state index contributed by atoms with van der Waals surface area (Å²) in [5.41, 5.74) is 2.27. The number of amides is 1. The first-order valence-corrected chi connectivity index (χ1v) is 7.04. The number of hydrogen-bond acceptors (Lipinski definition) is 3. The monoisotopic (exact) mass is 285 g/mol. The van der Waals surface area contributed by atoms with E-state index in [2.05, 4.69) is 17.2 Å². The highest BCUT2D eigenvalue weighted by molar-refractivity contribution is 7.14. The summed E-state index contributed by atoms with van der Waals surface area (Å²) in [5.74, 6) is 5.26. The fourth-order valence-corrected chi connectivity index (χ4v) is 2.52. The molecule has 0 spiro atoms. The van der Waals surface area contributed by atoms with Crippen LogP contribution in [0.15, 0.2) is 36.4 Å². The standard InChI is InChI=1S/C16H15NO2S/c1-12-5-2-3-6-13(12)11-17-16(19)15-9-8-14(20-15)7-4-10-18/h2-3,5-6,8-9,18H,10-11H2,1H3,(H,17,19). The Hall–Kier alpha value is -2.09. The Morgan fingerprint density at radius 1 is 1.30 bits per heavy atom. The fourth-order valence-electron chi connectivity index (χ4n) is 1.72. The second-order valence-corrected chi connectivity index (χ2v) is 5.32. The summed E-state index contributed by atoms with van der Waals surface area (Å²) >= 11 is 1.32. The Kier molecular flexibility index (Phi) is 4.94. The third-order valence-corrected chi connectivity index (χ3v) is 3.82. The molecule has 0 aliphatic heterocycles. The van der Waals surface area contributed by atoms with Gasteiger partial charge in [0.15, 0.2) is 0 Å². The topological polar surface area (TPSA) is 49.3 Å². The van der Waals surface area contributed by atoms with Crippen molar-refractivity contribution in [2.24, 2.45) is 0 Å². The van der Waals surface area contributed by atoms with E-state index >= 15 is 0 Å². The summed E-state index contributed by atoms with van der Waals surface area (Å²) < 4.78 is 0. The number of aliphatic hydroxyl groups is 1. The van der Waals surface area contributed by atoms with Crippen LogP contribution in [0.4, 0.5) is 0 Å². The molecule has 0 aliphatic carbocycles. The molecule has 1 amide bonds. The van der Waals surface area contributed by atoms with Gasteiger partial charge in [-0.05, 0) is 30.2 Å². The minimum Gasteiger partial charge on any atom is -0.384 e. The summed E-state index contributed by atoms with van der Waals surface area (Å²) in [6.07, 6.45) is 0. The average Bonchev–Trinajstić information content (AvgIpc) is 2.93. The predicted molar refractivity (Wildman–Crippen MR) is 80.6 cm³/mol. The van der Waals surface area contributed by atoms with Gasteiger partial charge < -0.3 is 10.4 Å². The number of aryl methyl sites for hydroxylation is 1. The van der Waals surface area contributed by atoms with Crippen LogP contribution >= 0.6 is 11.3 Å². The molecule has 0 saturated carbocycles. The van der Waals surface area contributed by atoms with Gasteiger partial charge in [0, 0.05) is 6.54 Å². The predicted octanol–water partition coefficient (Wildman–Crippen LogP) is 2.33. The fraction of sp³-hybridized carbons (Fsp3) is 0.188. The molecule has 0 bridgehead atoms. The molecule has 0 radical (unpaired) electrons. The van der Waals surface area contributed by atoms with E-state index in [1.54, 1.807) is 12.1 Å². The van der Waals surface area contributed by atoms with Gasteiger partial charge in [-0.15, -0.1) is 11.3 Å². The van der Waals surface area contributed by atoms with Crippen LogP contribution in [0.2, 0.25) is 0 Å². The van der Waals surface area contributed by atoms with Gasteiger partial charge in [-0.1, -0.05) is 36.1 Å². The summed E-state index contributed by atoms with van der Waals surface area (Å²) in [6, 6.07) is 11.5. The normalized spacial score (nSPS) is 9.70. The molecular weight excluding hydrogens is 270 g/mol. The molecule has 3 nitrogen and oxygen atoms in total. The van der Waals surface area contributed by atoms with Crippen LogP contribution in [0.3, 0.4) is 0 Å². The molecule has 2 aromatic rings. The summed E-state index contributed by atoms with van der Waals surface area (Å²) in [5, 5.41) is 11.5. The molecule has 20 heavy (non-hydrogen) atoms. The van der Waals surface area contributed by atoms with Crippen molar-refractivity contribution in [3.63, 3.8) is 0 Å². The molecule has 0 aliphatic rings. The lowest BCUT2D eigenvalue weighted by atomic mass is 10.1. The molecule has 2 N–H and O–H groups in total. The minimum atomic E-state index is -0.174. The number of hydrogen-bond donors (Lipinski definition) is 2. The van der Waals surface area contributed by atoms with Crippen molar-refractivity contribution in [2.45, 2.75) is 13.5 Å². The van der Waals surface area contributed by atoms with Gasteiger partial charge >= 0.3 is 0 Å². The molecule has 102 valence electrons. The maximum absolute atomic E-state index is 12.0. The lowest BCUT2D eigenvalue weighted by molar-refractivity contribution is 0.0955. The third-order valence-electron chi connectivity index (χ3n) is 2.82. The van der Waals surface area contributed by atoms with Crippen LogP contribution in [-0.4, -0.2) is 17.6 Å². The molecule has 4 heteroatoms. The first kappa shape index (κ1) is 14.3. The van der Waals surface area contributed by atoms with Crippen LogP contribution in [0.1, 0.15) is 25.7 Å². The number of carbonyl (C=O) groups excluding carboxylic acids is 1. The van der Waals surface area contributed by atoms with E-state index in [1.807, 2.05) is 31.2 Å². The van der Waals surface area contributed by atoms with Gasteiger partial charge in [-0.25, -0.2) is 0 Å². The maximum Gasteiger partial charge on any atom is 0.261 e. The molecule has 0 atom stereocenters. The lowest BCUT2D eigenvalue weighted by Gasteiger charge is -2.06. The van der Waals surface area contributed by atoms with Crippen molar-refractivity contribution in [3.05, 3.63) is 57.3 Å². The zero-order valence-electron chi connectivity index (χ0n) is 11.1. The van der Waals surface area contributed by atoms with Gasteiger partial charge in [-0.2, -0.15) is 0 Å². The Morgan fingerprint density at radius 3 is 2.85 bits per heavy atom. The van der Waals surface area contributed by atoms with Crippen molar-refractivity contribution < 1.29 is 9.90 Å². The highest BCUT2D eigenvalue weighted by atomic mass is 32.1. The number of aliphatic hydroxyl groups excluding tert-OH is 1. The number of rotatable bonds is 3. The highest BCUT2D eigenvalue weighted by Crippen LogP contribution is 2.15. The Labute approximate surface area is 122 Å². The van der Waals surface area contributed by atoms with E-state index in [9.17, 15) is 4.79 Å². The third kappa shape index (κ3) is 3.70. The zero-order valence-corrected chi connectivity index (χ0v) is 12.0.